The fourth-order valence-electron chi connectivity index (χ4n) is 4.80. The lowest BCUT2D eigenvalue weighted by Crippen LogP contribution is -2.24. The van der Waals surface area contributed by atoms with Gasteiger partial charge in [-0.25, -0.2) is 23.1 Å². The molecule has 224 valence electrons. The van der Waals surface area contributed by atoms with E-state index < -0.39 is 28.7 Å². The Morgan fingerprint density at radius 3 is 2.26 bits per heavy atom. The number of benzene rings is 2. The number of nitrogens with zero attached hydrogens (tertiary/aromatic N) is 4. The molecule has 0 aliphatic rings. The summed E-state index contributed by atoms with van der Waals surface area (Å²) in [5.74, 6) is -1.85. The first kappa shape index (κ1) is 32.5. The van der Waals surface area contributed by atoms with Crippen molar-refractivity contribution in [3.63, 3.8) is 0 Å². The maximum absolute atomic E-state index is 15.2. The molecule has 0 amide bonds. The van der Waals surface area contributed by atoms with Crippen LogP contribution in [-0.4, -0.2) is 46.1 Å². The summed E-state index contributed by atoms with van der Waals surface area (Å²) >= 11 is 0. The largest absolute Gasteiger partial charge is 0.388 e. The SMILES string of the molecule is C=C(NC)c1cc(F)c(C)c(-c2nc(CCCCN(CC)CC)nc3c2ccc(=O)n3-c2c(F)cccc2F)c1.CC. The fourth-order valence-corrected chi connectivity index (χ4v) is 4.80. The first-order chi connectivity index (χ1) is 20.2. The lowest BCUT2D eigenvalue weighted by molar-refractivity contribution is 0.297. The number of fused-ring (bicyclic) bond motifs is 1. The molecule has 0 saturated heterocycles. The van der Waals surface area contributed by atoms with Crippen LogP contribution in [0.3, 0.4) is 0 Å². The van der Waals surface area contributed by atoms with Crippen LogP contribution >= 0.6 is 0 Å². The Labute approximate surface area is 245 Å². The Kier molecular flexibility index (Phi) is 11.4. The van der Waals surface area contributed by atoms with Crippen molar-refractivity contribution in [1.29, 1.82) is 0 Å². The lowest BCUT2D eigenvalue weighted by Gasteiger charge is -2.18. The number of nitrogens with one attached hydrogen (secondary N) is 1. The third kappa shape index (κ3) is 6.90. The standard InChI is InChI=1S/C31H34F3N5O.C2H6/c1-6-38(7-2)16-9-8-13-27-36-29(23-17-21(20(4)35-5)18-26(34)19(23)3)22-14-15-28(40)39(31(22)37-27)30-24(32)11-10-12-25(30)33;1-2/h10-12,14-15,17-18,35H,4,6-9,13,16H2,1-3,5H3;1-2H3. The second kappa shape index (κ2) is 14.8. The molecular weight excluding hydrogens is 539 g/mol. The van der Waals surface area contributed by atoms with Gasteiger partial charge in [0.25, 0.3) is 5.56 Å². The maximum atomic E-state index is 15.2. The average Bonchev–Trinajstić information content (AvgIpc) is 2.99. The zero-order valence-corrected chi connectivity index (χ0v) is 25.3. The molecule has 2 aromatic heterocycles. The van der Waals surface area contributed by atoms with Crippen LogP contribution in [0.4, 0.5) is 13.2 Å². The van der Waals surface area contributed by atoms with Gasteiger partial charge in [-0.15, -0.1) is 0 Å². The molecule has 6 nitrogen and oxygen atoms in total. The van der Waals surface area contributed by atoms with Crippen LogP contribution in [0.1, 0.15) is 57.5 Å². The van der Waals surface area contributed by atoms with Crippen molar-refractivity contribution in [3.05, 3.63) is 93.8 Å². The van der Waals surface area contributed by atoms with Crippen LogP contribution in [0.2, 0.25) is 0 Å². The Hall–Kier alpha value is -3.98. The molecule has 1 N–H and O–H groups in total. The van der Waals surface area contributed by atoms with Crippen LogP contribution in [0.15, 0.2) is 53.8 Å². The minimum Gasteiger partial charge on any atom is -0.388 e. The van der Waals surface area contributed by atoms with Gasteiger partial charge in [0, 0.05) is 41.7 Å². The van der Waals surface area contributed by atoms with E-state index in [1.54, 1.807) is 20.0 Å². The minimum absolute atomic E-state index is 0.0536. The number of unbranched alkanes of at least 4 members (excludes halogenated alkanes) is 1. The highest BCUT2D eigenvalue weighted by atomic mass is 19.1. The van der Waals surface area contributed by atoms with Crippen molar-refractivity contribution in [2.24, 2.45) is 0 Å². The van der Waals surface area contributed by atoms with Gasteiger partial charge in [-0.2, -0.15) is 0 Å². The molecule has 9 heteroatoms. The molecule has 0 radical (unpaired) electrons. The number of hydrogen-bond donors (Lipinski definition) is 1. The summed E-state index contributed by atoms with van der Waals surface area (Å²) in [7, 11) is 1.69. The zero-order chi connectivity index (χ0) is 31.0. The molecule has 4 rings (SSSR count). The second-order valence-corrected chi connectivity index (χ2v) is 9.65. The van der Waals surface area contributed by atoms with Crippen molar-refractivity contribution in [2.45, 2.75) is 53.9 Å². The van der Waals surface area contributed by atoms with E-state index in [4.69, 9.17) is 4.98 Å². The molecule has 4 aromatic rings. The van der Waals surface area contributed by atoms with Gasteiger partial charge in [-0.3, -0.25) is 9.36 Å². The van der Waals surface area contributed by atoms with Gasteiger partial charge in [0.1, 0.15) is 29.0 Å². The molecular formula is C33H40F3N5O. The van der Waals surface area contributed by atoms with Crippen molar-refractivity contribution >= 4 is 16.7 Å². The van der Waals surface area contributed by atoms with Crippen molar-refractivity contribution in [3.8, 4) is 16.9 Å². The molecule has 0 unspecified atom stereocenters. The van der Waals surface area contributed by atoms with Crippen LogP contribution in [0, 0.1) is 24.4 Å². The summed E-state index contributed by atoms with van der Waals surface area (Å²) in [4.78, 5) is 24.9. The van der Waals surface area contributed by atoms with E-state index in [-0.39, 0.29) is 5.65 Å². The van der Waals surface area contributed by atoms with Gasteiger partial charge >= 0.3 is 0 Å². The molecule has 0 fully saturated rings. The smallest absolute Gasteiger partial charge is 0.256 e. The van der Waals surface area contributed by atoms with Gasteiger partial charge in [0.05, 0.1) is 5.69 Å². The average molecular weight is 580 g/mol. The molecule has 0 saturated carbocycles. The Morgan fingerprint density at radius 1 is 0.976 bits per heavy atom. The quantitative estimate of drug-likeness (QED) is 0.193. The summed E-state index contributed by atoms with van der Waals surface area (Å²) in [5.41, 5.74) is 1.12. The normalized spacial score (nSPS) is 11.0. The van der Waals surface area contributed by atoms with Crippen molar-refractivity contribution in [2.75, 3.05) is 26.7 Å². The number of aryl methyl sites for hydroxylation is 1. The van der Waals surface area contributed by atoms with E-state index >= 15 is 4.39 Å². The Bertz CT molecular complexity index is 1590. The molecule has 0 aliphatic heterocycles. The second-order valence-electron chi connectivity index (χ2n) is 9.65. The van der Waals surface area contributed by atoms with Crippen LogP contribution in [0.25, 0.3) is 33.7 Å². The van der Waals surface area contributed by atoms with Crippen LogP contribution < -0.4 is 10.9 Å². The van der Waals surface area contributed by atoms with Crippen molar-refractivity contribution in [1.82, 2.24) is 24.8 Å². The van der Waals surface area contributed by atoms with Gasteiger partial charge in [0.2, 0.25) is 0 Å². The summed E-state index contributed by atoms with van der Waals surface area (Å²) in [6.45, 7) is 16.6. The van der Waals surface area contributed by atoms with E-state index in [0.29, 0.717) is 45.7 Å². The predicted octanol–water partition coefficient (Wildman–Crippen LogP) is 7.05. The fraction of sp³-hybridized carbons (Fsp3) is 0.364. The van der Waals surface area contributed by atoms with E-state index in [0.717, 1.165) is 49.2 Å². The molecule has 42 heavy (non-hydrogen) atoms. The number of hydrogen-bond acceptors (Lipinski definition) is 5. The van der Waals surface area contributed by atoms with Gasteiger partial charge < -0.3 is 10.2 Å². The number of rotatable bonds is 11. The zero-order valence-electron chi connectivity index (χ0n) is 25.3. The lowest BCUT2D eigenvalue weighted by atomic mass is 9.98. The summed E-state index contributed by atoms with van der Waals surface area (Å²) in [5, 5.41) is 3.30. The Balaban J connectivity index is 0.00000237. The number of pyridine rings is 1. The highest BCUT2D eigenvalue weighted by Gasteiger charge is 2.21. The number of aromatic nitrogens is 3. The van der Waals surface area contributed by atoms with E-state index in [9.17, 15) is 13.6 Å². The van der Waals surface area contributed by atoms with Gasteiger partial charge in [-0.05, 0) is 75.3 Å². The summed E-state index contributed by atoms with van der Waals surface area (Å²) < 4.78 is 46.0. The maximum Gasteiger partial charge on any atom is 0.256 e. The number of para-hydroxylation sites is 1. The summed E-state index contributed by atoms with van der Waals surface area (Å²) in [6, 6.07) is 9.30. The van der Waals surface area contributed by atoms with Crippen LogP contribution in [0.5, 0.6) is 0 Å². The Morgan fingerprint density at radius 2 is 1.64 bits per heavy atom. The monoisotopic (exact) mass is 579 g/mol. The third-order valence-electron chi connectivity index (χ3n) is 7.23. The molecule has 0 bridgehead atoms. The molecule has 0 spiro atoms. The van der Waals surface area contributed by atoms with E-state index in [1.165, 1.54) is 24.3 Å². The highest BCUT2D eigenvalue weighted by molar-refractivity contribution is 5.92. The third-order valence-corrected chi connectivity index (χ3v) is 7.23. The van der Waals surface area contributed by atoms with E-state index in [2.05, 4.69) is 35.6 Å². The molecule has 0 aliphatic carbocycles. The van der Waals surface area contributed by atoms with Gasteiger partial charge in [-0.1, -0.05) is 40.3 Å². The van der Waals surface area contributed by atoms with Crippen molar-refractivity contribution < 1.29 is 13.2 Å². The van der Waals surface area contributed by atoms with Gasteiger partial charge in [0.15, 0.2) is 5.65 Å². The molecule has 2 aromatic carbocycles. The van der Waals surface area contributed by atoms with Crippen LogP contribution in [-0.2, 0) is 6.42 Å². The first-order valence-corrected chi connectivity index (χ1v) is 14.5. The summed E-state index contributed by atoms with van der Waals surface area (Å²) in [6.07, 6.45) is 2.13. The molecule has 0 atom stereocenters. The minimum atomic E-state index is -0.898. The topological polar surface area (TPSA) is 63.1 Å². The molecule has 2 heterocycles. The predicted molar refractivity (Wildman–Crippen MR) is 165 cm³/mol. The number of halogens is 3. The first-order valence-electron chi connectivity index (χ1n) is 14.5. The highest BCUT2D eigenvalue weighted by Crippen LogP contribution is 2.33. The van der Waals surface area contributed by atoms with E-state index in [1.807, 2.05) is 13.8 Å².